The summed E-state index contributed by atoms with van der Waals surface area (Å²) in [7, 11) is 0. The molecule has 0 saturated carbocycles. The summed E-state index contributed by atoms with van der Waals surface area (Å²) in [5.74, 6) is 0. The number of aryl methyl sites for hydroxylation is 1. The quantitative estimate of drug-likeness (QED) is 0.622. The molecule has 0 N–H and O–H groups in total. The van der Waals surface area contributed by atoms with Gasteiger partial charge in [-0.3, -0.25) is 0 Å². The van der Waals surface area contributed by atoms with E-state index >= 15 is 0 Å². The number of aromatic nitrogens is 2. The van der Waals surface area contributed by atoms with Crippen molar-refractivity contribution in [3.05, 3.63) is 47.1 Å². The SMILES string of the molecule is Cc1ccc2nc(-c3cccs3)c(C(C)Cl)n2c1. The van der Waals surface area contributed by atoms with E-state index < -0.39 is 0 Å². The number of imidazole rings is 1. The lowest BCUT2D eigenvalue weighted by molar-refractivity contribution is 0.960. The molecule has 3 aromatic rings. The molecule has 0 aliphatic rings. The van der Waals surface area contributed by atoms with Crippen LogP contribution in [0, 0.1) is 6.92 Å². The molecule has 0 aliphatic carbocycles. The molecular weight excluding hydrogens is 264 g/mol. The standard InChI is InChI=1S/C14H13ClN2S/c1-9-5-6-12-16-13(11-4-3-7-18-11)14(10(2)15)17(12)8-9/h3-8,10H,1-2H3. The molecule has 0 spiro atoms. The number of nitrogens with zero attached hydrogens (tertiary/aromatic N) is 2. The fourth-order valence-electron chi connectivity index (χ4n) is 2.14. The molecule has 4 heteroatoms. The molecule has 1 atom stereocenters. The average molecular weight is 277 g/mol. The number of hydrogen-bond donors (Lipinski definition) is 0. The third-order valence-corrected chi connectivity index (χ3v) is 4.02. The lowest BCUT2D eigenvalue weighted by Crippen LogP contribution is -1.95. The van der Waals surface area contributed by atoms with Crippen molar-refractivity contribution in [2.75, 3.05) is 0 Å². The molecule has 0 radical (unpaired) electrons. The van der Waals surface area contributed by atoms with Gasteiger partial charge in [0.1, 0.15) is 11.3 Å². The van der Waals surface area contributed by atoms with E-state index in [9.17, 15) is 0 Å². The van der Waals surface area contributed by atoms with E-state index in [2.05, 4.69) is 35.0 Å². The van der Waals surface area contributed by atoms with E-state index in [1.807, 2.05) is 19.1 Å². The van der Waals surface area contributed by atoms with Gasteiger partial charge in [-0.25, -0.2) is 4.98 Å². The highest BCUT2D eigenvalue weighted by atomic mass is 35.5. The number of halogens is 1. The Morgan fingerprint density at radius 1 is 1.33 bits per heavy atom. The van der Waals surface area contributed by atoms with Crippen molar-refractivity contribution in [3.63, 3.8) is 0 Å². The van der Waals surface area contributed by atoms with Gasteiger partial charge < -0.3 is 4.40 Å². The zero-order valence-corrected chi connectivity index (χ0v) is 11.8. The van der Waals surface area contributed by atoms with Crippen LogP contribution in [0.15, 0.2) is 35.8 Å². The Bertz CT molecular complexity index is 683. The maximum Gasteiger partial charge on any atom is 0.137 e. The van der Waals surface area contributed by atoms with Crippen LogP contribution in [0.25, 0.3) is 16.2 Å². The van der Waals surface area contributed by atoms with Crippen LogP contribution in [0.1, 0.15) is 23.6 Å². The third kappa shape index (κ3) is 1.84. The highest BCUT2D eigenvalue weighted by Crippen LogP contribution is 2.34. The van der Waals surface area contributed by atoms with Crippen LogP contribution in [0.5, 0.6) is 0 Å². The first kappa shape index (κ1) is 11.8. The van der Waals surface area contributed by atoms with Crippen molar-refractivity contribution in [2.24, 2.45) is 0 Å². The van der Waals surface area contributed by atoms with Gasteiger partial charge >= 0.3 is 0 Å². The Labute approximate surface area is 115 Å². The fourth-order valence-corrected chi connectivity index (χ4v) is 3.07. The van der Waals surface area contributed by atoms with E-state index in [1.54, 1.807) is 11.3 Å². The summed E-state index contributed by atoms with van der Waals surface area (Å²) in [5.41, 5.74) is 4.22. The Hall–Kier alpha value is -1.32. The van der Waals surface area contributed by atoms with Crippen molar-refractivity contribution >= 4 is 28.6 Å². The first-order chi connectivity index (χ1) is 8.66. The molecule has 0 saturated heterocycles. The van der Waals surface area contributed by atoms with Crippen molar-refractivity contribution in [1.29, 1.82) is 0 Å². The van der Waals surface area contributed by atoms with Crippen LogP contribution in [0.3, 0.4) is 0 Å². The molecule has 3 rings (SSSR count). The van der Waals surface area contributed by atoms with Crippen molar-refractivity contribution in [3.8, 4) is 10.6 Å². The van der Waals surface area contributed by atoms with Crippen molar-refractivity contribution in [1.82, 2.24) is 9.38 Å². The maximum absolute atomic E-state index is 6.34. The summed E-state index contributed by atoms with van der Waals surface area (Å²) in [6.07, 6.45) is 2.09. The molecule has 0 fully saturated rings. The summed E-state index contributed by atoms with van der Waals surface area (Å²) in [6, 6.07) is 8.23. The van der Waals surface area contributed by atoms with Crippen molar-refractivity contribution < 1.29 is 0 Å². The zero-order chi connectivity index (χ0) is 12.7. The zero-order valence-electron chi connectivity index (χ0n) is 10.2. The van der Waals surface area contributed by atoms with Gasteiger partial charge in [0, 0.05) is 6.20 Å². The van der Waals surface area contributed by atoms with Gasteiger partial charge in [-0.05, 0) is 36.9 Å². The molecule has 0 bridgehead atoms. The number of alkyl halides is 1. The third-order valence-electron chi connectivity index (χ3n) is 2.93. The number of fused-ring (bicyclic) bond motifs is 1. The monoisotopic (exact) mass is 276 g/mol. The lowest BCUT2D eigenvalue weighted by Gasteiger charge is -2.06. The fraction of sp³-hybridized carbons (Fsp3) is 0.214. The Kier molecular flexibility index (Phi) is 2.88. The van der Waals surface area contributed by atoms with Gasteiger partial charge in [0.15, 0.2) is 0 Å². The molecule has 92 valence electrons. The second-order valence-electron chi connectivity index (χ2n) is 4.37. The second kappa shape index (κ2) is 4.41. The molecular formula is C14H13ClN2S. The first-order valence-electron chi connectivity index (χ1n) is 5.83. The Morgan fingerprint density at radius 3 is 2.83 bits per heavy atom. The number of pyridine rings is 1. The van der Waals surface area contributed by atoms with Crippen LogP contribution >= 0.6 is 22.9 Å². The predicted octanol–water partition coefficient (Wildman–Crippen LogP) is 4.67. The predicted molar refractivity (Wildman–Crippen MR) is 77.5 cm³/mol. The van der Waals surface area contributed by atoms with E-state index in [4.69, 9.17) is 16.6 Å². The summed E-state index contributed by atoms with van der Waals surface area (Å²) in [5, 5.41) is 1.99. The summed E-state index contributed by atoms with van der Waals surface area (Å²) in [4.78, 5) is 5.87. The minimum absolute atomic E-state index is 0.0705. The largest absolute Gasteiger partial charge is 0.302 e. The number of thiophene rings is 1. The van der Waals surface area contributed by atoms with Crippen LogP contribution in [0.2, 0.25) is 0 Å². The number of hydrogen-bond acceptors (Lipinski definition) is 2. The molecule has 3 aromatic heterocycles. The van der Waals surface area contributed by atoms with E-state index in [0.29, 0.717) is 0 Å². The lowest BCUT2D eigenvalue weighted by atomic mass is 10.2. The normalized spacial score (nSPS) is 13.1. The van der Waals surface area contributed by atoms with Gasteiger partial charge in [-0.1, -0.05) is 12.1 Å². The average Bonchev–Trinajstić information content (AvgIpc) is 2.94. The Balaban J connectivity index is 2.35. The number of rotatable bonds is 2. The van der Waals surface area contributed by atoms with E-state index in [-0.39, 0.29) is 5.38 Å². The molecule has 1 unspecified atom stereocenters. The molecule has 0 aliphatic heterocycles. The van der Waals surface area contributed by atoms with E-state index in [0.717, 1.165) is 17.0 Å². The molecule has 2 nitrogen and oxygen atoms in total. The van der Waals surface area contributed by atoms with Crippen LogP contribution in [-0.4, -0.2) is 9.38 Å². The molecule has 3 heterocycles. The van der Waals surface area contributed by atoms with Gasteiger partial charge in [0.2, 0.25) is 0 Å². The summed E-state index contributed by atoms with van der Waals surface area (Å²) >= 11 is 8.03. The highest BCUT2D eigenvalue weighted by molar-refractivity contribution is 7.13. The van der Waals surface area contributed by atoms with Gasteiger partial charge in [-0.15, -0.1) is 22.9 Å². The van der Waals surface area contributed by atoms with Gasteiger partial charge in [0.25, 0.3) is 0 Å². The Morgan fingerprint density at radius 2 is 2.17 bits per heavy atom. The molecule has 18 heavy (non-hydrogen) atoms. The van der Waals surface area contributed by atoms with Crippen LogP contribution in [0.4, 0.5) is 0 Å². The maximum atomic E-state index is 6.34. The van der Waals surface area contributed by atoms with Gasteiger partial charge in [0.05, 0.1) is 15.9 Å². The summed E-state index contributed by atoms with van der Waals surface area (Å²) < 4.78 is 2.10. The first-order valence-corrected chi connectivity index (χ1v) is 7.15. The second-order valence-corrected chi connectivity index (χ2v) is 5.98. The van der Waals surface area contributed by atoms with E-state index in [1.165, 1.54) is 10.4 Å². The smallest absolute Gasteiger partial charge is 0.137 e. The summed E-state index contributed by atoms with van der Waals surface area (Å²) in [6.45, 7) is 4.07. The van der Waals surface area contributed by atoms with Gasteiger partial charge in [-0.2, -0.15) is 0 Å². The highest BCUT2D eigenvalue weighted by Gasteiger charge is 2.18. The van der Waals surface area contributed by atoms with Crippen LogP contribution in [-0.2, 0) is 0 Å². The minimum atomic E-state index is -0.0705. The minimum Gasteiger partial charge on any atom is -0.302 e. The molecule has 0 aromatic carbocycles. The van der Waals surface area contributed by atoms with Crippen molar-refractivity contribution in [2.45, 2.75) is 19.2 Å². The topological polar surface area (TPSA) is 17.3 Å². The van der Waals surface area contributed by atoms with Crippen LogP contribution < -0.4 is 0 Å². The molecule has 0 amide bonds.